The Morgan fingerprint density at radius 1 is 1.25 bits per heavy atom. The quantitative estimate of drug-likeness (QED) is 0.712. The van der Waals surface area contributed by atoms with E-state index in [1.807, 2.05) is 19.1 Å². The predicted octanol–water partition coefficient (Wildman–Crippen LogP) is 2.71. The molecule has 4 nitrogen and oxygen atoms in total. The van der Waals surface area contributed by atoms with Gasteiger partial charge in [0.1, 0.15) is 0 Å². The fraction of sp³-hybridized carbons (Fsp3) is 0.600. The third-order valence-corrected chi connectivity index (χ3v) is 5.25. The Labute approximate surface area is 121 Å². The first-order valence-corrected chi connectivity index (χ1v) is 8.91. The van der Waals surface area contributed by atoms with Crippen LogP contribution in [-0.2, 0) is 14.6 Å². The average molecular weight is 297 g/mol. The second-order valence-electron chi connectivity index (χ2n) is 5.29. The summed E-state index contributed by atoms with van der Waals surface area (Å²) in [6.45, 7) is 4.17. The molecule has 1 aromatic carbocycles. The van der Waals surface area contributed by atoms with E-state index in [1.165, 1.54) is 12.8 Å². The van der Waals surface area contributed by atoms with E-state index in [-0.39, 0.29) is 5.75 Å². The van der Waals surface area contributed by atoms with Crippen molar-refractivity contribution in [3.63, 3.8) is 0 Å². The van der Waals surface area contributed by atoms with Gasteiger partial charge in [0.25, 0.3) is 0 Å². The fourth-order valence-electron chi connectivity index (χ4n) is 1.97. The highest BCUT2D eigenvalue weighted by atomic mass is 32.2. The van der Waals surface area contributed by atoms with Gasteiger partial charge in [-0.2, -0.15) is 0 Å². The van der Waals surface area contributed by atoms with Gasteiger partial charge in [0.2, 0.25) is 0 Å². The van der Waals surface area contributed by atoms with Gasteiger partial charge in [-0.15, -0.1) is 0 Å². The fourth-order valence-corrected chi connectivity index (χ4v) is 3.29. The minimum absolute atomic E-state index is 0.203. The van der Waals surface area contributed by atoms with Crippen LogP contribution in [0.2, 0.25) is 0 Å². The Bertz CT molecular complexity index is 506. The Balaban J connectivity index is 1.75. The van der Waals surface area contributed by atoms with E-state index < -0.39 is 9.84 Å². The maximum atomic E-state index is 11.9. The summed E-state index contributed by atoms with van der Waals surface area (Å²) in [5.74, 6) is 0.993. The topological polar surface area (TPSA) is 55.4 Å². The molecule has 0 spiro atoms. The summed E-state index contributed by atoms with van der Waals surface area (Å²) in [7, 11) is -3.11. The molecular weight excluding hydrogens is 274 g/mol. The summed E-state index contributed by atoms with van der Waals surface area (Å²) < 4.78 is 29.3. The lowest BCUT2D eigenvalue weighted by Gasteiger charge is -2.08. The normalized spacial score (nSPS) is 15.2. The number of anilines is 1. The van der Waals surface area contributed by atoms with E-state index >= 15 is 0 Å². The molecule has 1 aliphatic carbocycles. The number of benzene rings is 1. The molecule has 1 aliphatic rings. The lowest BCUT2D eigenvalue weighted by Crippen LogP contribution is -2.11. The largest absolute Gasteiger partial charge is 0.383 e. The summed E-state index contributed by atoms with van der Waals surface area (Å²) in [5, 5.41) is 3.23. The average Bonchev–Trinajstić information content (AvgIpc) is 3.23. The van der Waals surface area contributed by atoms with Crippen LogP contribution in [0.4, 0.5) is 5.69 Å². The molecule has 1 fully saturated rings. The minimum atomic E-state index is -3.11. The molecule has 0 heterocycles. The summed E-state index contributed by atoms with van der Waals surface area (Å²) in [4.78, 5) is 0.398. The zero-order chi connectivity index (χ0) is 14.4. The van der Waals surface area contributed by atoms with Gasteiger partial charge < -0.3 is 10.1 Å². The number of hydrogen-bond donors (Lipinski definition) is 1. The first-order valence-electron chi connectivity index (χ1n) is 7.26. The Hall–Kier alpha value is -1.07. The first-order chi connectivity index (χ1) is 9.62. The Morgan fingerprint density at radius 3 is 2.55 bits per heavy atom. The lowest BCUT2D eigenvalue weighted by atomic mass is 10.3. The van der Waals surface area contributed by atoms with E-state index in [1.54, 1.807) is 12.1 Å². The van der Waals surface area contributed by atoms with Gasteiger partial charge in [0, 0.05) is 18.8 Å². The Morgan fingerprint density at radius 2 is 1.95 bits per heavy atom. The SMILES string of the molecule is CCCS(=O)(=O)c1ccc(NCCOCC2CC2)cc1. The molecule has 0 bridgehead atoms. The van der Waals surface area contributed by atoms with Crippen molar-refractivity contribution in [2.45, 2.75) is 31.1 Å². The van der Waals surface area contributed by atoms with Gasteiger partial charge >= 0.3 is 0 Å². The minimum Gasteiger partial charge on any atom is -0.383 e. The second-order valence-corrected chi connectivity index (χ2v) is 7.40. The standard InChI is InChI=1S/C15H23NO3S/c1-2-11-20(17,18)15-7-5-14(6-8-15)16-9-10-19-12-13-3-4-13/h5-8,13,16H,2-4,9-12H2,1H3. The van der Waals surface area contributed by atoms with Crippen LogP contribution in [0.15, 0.2) is 29.2 Å². The lowest BCUT2D eigenvalue weighted by molar-refractivity contribution is 0.134. The van der Waals surface area contributed by atoms with Gasteiger partial charge in [0.15, 0.2) is 9.84 Å². The van der Waals surface area contributed by atoms with Crippen LogP contribution >= 0.6 is 0 Å². The Kier molecular flexibility index (Phi) is 5.43. The molecule has 0 saturated heterocycles. The molecule has 1 saturated carbocycles. The third kappa shape index (κ3) is 4.80. The smallest absolute Gasteiger partial charge is 0.178 e. The summed E-state index contributed by atoms with van der Waals surface area (Å²) in [6, 6.07) is 6.95. The van der Waals surface area contributed by atoms with Gasteiger partial charge in [-0.05, 0) is 49.4 Å². The van der Waals surface area contributed by atoms with E-state index in [0.29, 0.717) is 17.9 Å². The molecule has 1 N–H and O–H groups in total. The molecule has 0 amide bonds. The maximum Gasteiger partial charge on any atom is 0.178 e. The highest BCUT2D eigenvalue weighted by molar-refractivity contribution is 7.91. The van der Waals surface area contributed by atoms with Crippen LogP contribution in [0.3, 0.4) is 0 Å². The van der Waals surface area contributed by atoms with E-state index in [0.717, 1.165) is 24.8 Å². The third-order valence-electron chi connectivity index (χ3n) is 3.31. The predicted molar refractivity (Wildman–Crippen MR) is 80.8 cm³/mol. The van der Waals surface area contributed by atoms with Crippen LogP contribution < -0.4 is 5.32 Å². The van der Waals surface area contributed by atoms with Crippen molar-refractivity contribution in [1.82, 2.24) is 0 Å². The maximum absolute atomic E-state index is 11.9. The summed E-state index contributed by atoms with van der Waals surface area (Å²) in [5.41, 5.74) is 0.926. The molecule has 0 unspecified atom stereocenters. The molecule has 0 radical (unpaired) electrons. The number of nitrogens with one attached hydrogen (secondary N) is 1. The molecule has 0 atom stereocenters. The van der Waals surface area contributed by atoms with E-state index in [2.05, 4.69) is 5.32 Å². The highest BCUT2D eigenvalue weighted by Gasteiger charge is 2.20. The van der Waals surface area contributed by atoms with Gasteiger partial charge in [-0.1, -0.05) is 6.92 Å². The van der Waals surface area contributed by atoms with Crippen molar-refractivity contribution in [2.75, 3.05) is 30.8 Å². The van der Waals surface area contributed by atoms with Crippen molar-refractivity contribution < 1.29 is 13.2 Å². The molecule has 0 aliphatic heterocycles. The summed E-state index contributed by atoms with van der Waals surface area (Å²) >= 11 is 0. The van der Waals surface area contributed by atoms with Gasteiger partial charge in [-0.3, -0.25) is 0 Å². The van der Waals surface area contributed by atoms with Crippen molar-refractivity contribution in [2.24, 2.45) is 5.92 Å². The van der Waals surface area contributed by atoms with Crippen LogP contribution in [0, 0.1) is 5.92 Å². The van der Waals surface area contributed by atoms with E-state index in [4.69, 9.17) is 4.74 Å². The van der Waals surface area contributed by atoms with Crippen molar-refractivity contribution >= 4 is 15.5 Å². The second kappa shape index (κ2) is 7.09. The molecule has 0 aromatic heterocycles. The monoisotopic (exact) mass is 297 g/mol. The van der Waals surface area contributed by atoms with Crippen LogP contribution in [-0.4, -0.2) is 33.9 Å². The van der Waals surface area contributed by atoms with Crippen molar-refractivity contribution in [3.8, 4) is 0 Å². The number of ether oxygens (including phenoxy) is 1. The van der Waals surface area contributed by atoms with Crippen LogP contribution in [0.25, 0.3) is 0 Å². The van der Waals surface area contributed by atoms with Crippen molar-refractivity contribution in [1.29, 1.82) is 0 Å². The van der Waals surface area contributed by atoms with Crippen LogP contribution in [0.1, 0.15) is 26.2 Å². The zero-order valence-electron chi connectivity index (χ0n) is 12.0. The molecule has 1 aromatic rings. The first kappa shape index (κ1) is 15.3. The highest BCUT2D eigenvalue weighted by Crippen LogP contribution is 2.28. The van der Waals surface area contributed by atoms with E-state index in [9.17, 15) is 8.42 Å². The molecule has 112 valence electrons. The summed E-state index contributed by atoms with van der Waals surface area (Å²) in [6.07, 6.45) is 3.25. The molecular formula is C15H23NO3S. The molecule has 5 heteroatoms. The number of hydrogen-bond acceptors (Lipinski definition) is 4. The zero-order valence-corrected chi connectivity index (χ0v) is 12.8. The van der Waals surface area contributed by atoms with Crippen LogP contribution in [0.5, 0.6) is 0 Å². The van der Waals surface area contributed by atoms with Gasteiger partial charge in [-0.25, -0.2) is 8.42 Å². The van der Waals surface area contributed by atoms with Crippen molar-refractivity contribution in [3.05, 3.63) is 24.3 Å². The number of sulfone groups is 1. The number of rotatable bonds is 9. The molecule has 2 rings (SSSR count). The molecule has 20 heavy (non-hydrogen) atoms. The van der Waals surface area contributed by atoms with Gasteiger partial charge in [0.05, 0.1) is 17.3 Å².